The number of hydrogen-bond acceptors (Lipinski definition) is 6. The highest BCUT2D eigenvalue weighted by molar-refractivity contribution is 7.99. The standard InChI is InChI=1S/C23H21F2N5O3S/c1-2-13-29-20(32)17-5-3-4-6-18(17)30-22(29)27-28-23(30)34-14-19(31)26-12-11-15-7-9-16(10-8-15)33-21(24)25/h2-10,21H,1,11-14H2,(H,26,31). The van der Waals surface area contributed by atoms with E-state index >= 15 is 0 Å². The van der Waals surface area contributed by atoms with Crippen LogP contribution in [0.2, 0.25) is 0 Å². The molecule has 2 aromatic heterocycles. The summed E-state index contributed by atoms with van der Waals surface area (Å²) in [6.07, 6.45) is 2.15. The topological polar surface area (TPSA) is 90.5 Å². The third-order valence-corrected chi connectivity index (χ3v) is 5.94. The molecular weight excluding hydrogens is 464 g/mol. The highest BCUT2D eigenvalue weighted by atomic mass is 32.2. The summed E-state index contributed by atoms with van der Waals surface area (Å²) < 4.78 is 32.0. The average Bonchev–Trinajstić information content (AvgIpc) is 3.25. The first-order chi connectivity index (χ1) is 16.5. The van der Waals surface area contributed by atoms with E-state index in [1.165, 1.54) is 28.5 Å². The summed E-state index contributed by atoms with van der Waals surface area (Å²) in [5.41, 5.74) is 1.36. The summed E-state index contributed by atoms with van der Waals surface area (Å²) in [4.78, 5) is 25.2. The molecule has 1 amide bonds. The van der Waals surface area contributed by atoms with Crippen LogP contribution in [-0.2, 0) is 17.8 Å². The predicted octanol–water partition coefficient (Wildman–Crippen LogP) is 3.28. The molecule has 0 saturated heterocycles. The number of rotatable bonds is 10. The number of carbonyl (C=O) groups is 1. The number of para-hydroxylation sites is 1. The lowest BCUT2D eigenvalue weighted by Gasteiger charge is -2.10. The molecule has 0 aliphatic carbocycles. The highest BCUT2D eigenvalue weighted by Crippen LogP contribution is 2.21. The number of hydrogen-bond donors (Lipinski definition) is 1. The van der Waals surface area contributed by atoms with E-state index in [9.17, 15) is 18.4 Å². The van der Waals surface area contributed by atoms with Crippen LogP contribution in [0.1, 0.15) is 5.56 Å². The van der Waals surface area contributed by atoms with E-state index in [0.717, 1.165) is 5.56 Å². The lowest BCUT2D eigenvalue weighted by molar-refractivity contribution is -0.118. The summed E-state index contributed by atoms with van der Waals surface area (Å²) in [6.45, 7) is 1.51. The van der Waals surface area contributed by atoms with E-state index < -0.39 is 6.61 Å². The Morgan fingerprint density at radius 1 is 1.18 bits per heavy atom. The molecule has 0 aliphatic heterocycles. The number of amides is 1. The number of halogens is 2. The number of nitrogens with zero attached hydrogens (tertiary/aromatic N) is 4. The summed E-state index contributed by atoms with van der Waals surface area (Å²) in [7, 11) is 0. The zero-order chi connectivity index (χ0) is 24.1. The second kappa shape index (κ2) is 10.5. The van der Waals surface area contributed by atoms with E-state index in [-0.39, 0.29) is 29.5 Å². The van der Waals surface area contributed by atoms with Gasteiger partial charge in [0, 0.05) is 13.1 Å². The monoisotopic (exact) mass is 485 g/mol. The van der Waals surface area contributed by atoms with Crippen LogP contribution in [0, 0.1) is 0 Å². The van der Waals surface area contributed by atoms with E-state index in [2.05, 4.69) is 26.8 Å². The van der Waals surface area contributed by atoms with Gasteiger partial charge in [0.15, 0.2) is 5.16 Å². The second-order valence-electron chi connectivity index (χ2n) is 7.25. The first kappa shape index (κ1) is 23.4. The molecule has 11 heteroatoms. The van der Waals surface area contributed by atoms with Gasteiger partial charge < -0.3 is 10.1 Å². The summed E-state index contributed by atoms with van der Waals surface area (Å²) in [5, 5.41) is 12.2. The lowest BCUT2D eigenvalue weighted by Crippen LogP contribution is -2.27. The molecule has 0 fully saturated rings. The number of fused-ring (bicyclic) bond motifs is 3. The van der Waals surface area contributed by atoms with Gasteiger partial charge in [-0.2, -0.15) is 8.78 Å². The Kier molecular flexibility index (Phi) is 7.21. The van der Waals surface area contributed by atoms with Gasteiger partial charge in [0.1, 0.15) is 5.75 Å². The fourth-order valence-electron chi connectivity index (χ4n) is 3.49. The van der Waals surface area contributed by atoms with Crippen molar-refractivity contribution in [1.29, 1.82) is 0 Å². The third kappa shape index (κ3) is 5.09. The van der Waals surface area contributed by atoms with Gasteiger partial charge in [-0.1, -0.05) is 42.1 Å². The van der Waals surface area contributed by atoms with Gasteiger partial charge in [-0.05, 0) is 36.2 Å². The van der Waals surface area contributed by atoms with Gasteiger partial charge in [-0.15, -0.1) is 16.8 Å². The smallest absolute Gasteiger partial charge is 0.387 e. The van der Waals surface area contributed by atoms with Crippen molar-refractivity contribution >= 4 is 34.3 Å². The maximum Gasteiger partial charge on any atom is 0.387 e. The lowest BCUT2D eigenvalue weighted by atomic mass is 10.1. The van der Waals surface area contributed by atoms with Crippen LogP contribution in [0.4, 0.5) is 8.78 Å². The van der Waals surface area contributed by atoms with Gasteiger partial charge >= 0.3 is 6.61 Å². The molecule has 1 N–H and O–H groups in total. The van der Waals surface area contributed by atoms with Gasteiger partial charge in [0.05, 0.1) is 16.7 Å². The van der Waals surface area contributed by atoms with Crippen LogP contribution in [0.15, 0.2) is 71.1 Å². The van der Waals surface area contributed by atoms with Crippen LogP contribution in [0.25, 0.3) is 16.7 Å². The van der Waals surface area contributed by atoms with Crippen LogP contribution in [0.5, 0.6) is 5.75 Å². The van der Waals surface area contributed by atoms with Crippen molar-refractivity contribution in [2.45, 2.75) is 24.7 Å². The molecule has 0 bridgehead atoms. The Balaban J connectivity index is 1.41. The fraction of sp³-hybridized carbons (Fsp3) is 0.217. The van der Waals surface area contributed by atoms with Gasteiger partial charge in [0.25, 0.3) is 5.56 Å². The average molecular weight is 486 g/mol. The Morgan fingerprint density at radius 2 is 1.94 bits per heavy atom. The Labute approximate surface area is 197 Å². The molecule has 8 nitrogen and oxygen atoms in total. The number of alkyl halides is 2. The first-order valence-electron chi connectivity index (χ1n) is 10.4. The maximum atomic E-state index is 12.8. The molecule has 4 rings (SSSR count). The van der Waals surface area contributed by atoms with E-state index in [1.54, 1.807) is 34.7 Å². The predicted molar refractivity (Wildman–Crippen MR) is 125 cm³/mol. The van der Waals surface area contributed by atoms with Crippen molar-refractivity contribution in [3.05, 3.63) is 77.1 Å². The van der Waals surface area contributed by atoms with Crippen LogP contribution in [-0.4, -0.2) is 44.0 Å². The molecule has 0 radical (unpaired) electrons. The van der Waals surface area contributed by atoms with Crippen molar-refractivity contribution in [1.82, 2.24) is 24.5 Å². The van der Waals surface area contributed by atoms with E-state index in [0.29, 0.717) is 34.8 Å². The zero-order valence-electron chi connectivity index (χ0n) is 18.0. The molecule has 4 aromatic rings. The minimum absolute atomic E-state index is 0.0887. The molecule has 0 aliphatic rings. The molecule has 0 atom stereocenters. The zero-order valence-corrected chi connectivity index (χ0v) is 18.8. The quantitative estimate of drug-likeness (QED) is 0.274. The van der Waals surface area contributed by atoms with E-state index in [1.807, 2.05) is 12.1 Å². The molecule has 176 valence electrons. The van der Waals surface area contributed by atoms with Crippen LogP contribution >= 0.6 is 11.8 Å². The van der Waals surface area contributed by atoms with Gasteiger partial charge in [-0.25, -0.2) is 0 Å². The van der Waals surface area contributed by atoms with Crippen molar-refractivity contribution in [3.63, 3.8) is 0 Å². The van der Waals surface area contributed by atoms with Crippen molar-refractivity contribution in [3.8, 4) is 5.75 Å². The Hall–Kier alpha value is -3.73. The number of nitrogens with one attached hydrogen (secondary N) is 1. The molecule has 2 aromatic carbocycles. The fourth-order valence-corrected chi connectivity index (χ4v) is 4.26. The molecule has 34 heavy (non-hydrogen) atoms. The Morgan fingerprint density at radius 3 is 2.68 bits per heavy atom. The maximum absolute atomic E-state index is 12.8. The van der Waals surface area contributed by atoms with Crippen LogP contribution in [0.3, 0.4) is 0 Å². The van der Waals surface area contributed by atoms with E-state index in [4.69, 9.17) is 0 Å². The third-order valence-electron chi connectivity index (χ3n) is 5.01. The Bertz CT molecular complexity index is 1390. The van der Waals surface area contributed by atoms with Crippen LogP contribution < -0.4 is 15.6 Å². The number of aromatic nitrogens is 4. The largest absolute Gasteiger partial charge is 0.435 e. The minimum atomic E-state index is -2.86. The number of ether oxygens (including phenoxy) is 1. The molecule has 0 saturated carbocycles. The highest BCUT2D eigenvalue weighted by Gasteiger charge is 2.17. The van der Waals surface area contributed by atoms with Crippen molar-refractivity contribution in [2.24, 2.45) is 0 Å². The number of thioether (sulfide) groups is 1. The summed E-state index contributed by atoms with van der Waals surface area (Å²) in [5.74, 6) is 0.385. The minimum Gasteiger partial charge on any atom is -0.435 e. The number of benzene rings is 2. The van der Waals surface area contributed by atoms with Crippen molar-refractivity contribution < 1.29 is 18.3 Å². The van der Waals surface area contributed by atoms with Gasteiger partial charge in [-0.3, -0.25) is 18.6 Å². The van der Waals surface area contributed by atoms with Crippen molar-refractivity contribution in [2.75, 3.05) is 12.3 Å². The number of allylic oxidation sites excluding steroid dienone is 1. The first-order valence-corrected chi connectivity index (χ1v) is 11.4. The molecule has 2 heterocycles. The van der Waals surface area contributed by atoms with Gasteiger partial charge in [0.2, 0.25) is 11.7 Å². The summed E-state index contributed by atoms with van der Waals surface area (Å²) in [6, 6.07) is 13.4. The molecule has 0 spiro atoms. The summed E-state index contributed by atoms with van der Waals surface area (Å²) >= 11 is 1.21. The number of carbonyl (C=O) groups excluding carboxylic acids is 1. The molecular formula is C23H21F2N5O3S. The SMILES string of the molecule is C=CCn1c(=O)c2ccccc2n2c(SCC(=O)NCCc3ccc(OC(F)F)cc3)nnc12. The second-order valence-corrected chi connectivity index (χ2v) is 8.19. The normalized spacial score (nSPS) is 11.3. The molecule has 0 unspecified atom stereocenters.